The number of thioether (sulfide) groups is 1. The highest BCUT2D eigenvalue weighted by Crippen LogP contribution is 2.53. The van der Waals surface area contributed by atoms with Crippen molar-refractivity contribution in [3.8, 4) is 0 Å². The minimum atomic E-state index is 0.531. The number of hydrogen-bond acceptors (Lipinski definition) is 1. The van der Waals surface area contributed by atoms with E-state index in [0.717, 1.165) is 0 Å². The first-order valence-electron chi connectivity index (χ1n) is 5.95. The molecular weight excluding hydrogens is 224 g/mol. The lowest BCUT2D eigenvalue weighted by Gasteiger charge is -2.19. The van der Waals surface area contributed by atoms with Gasteiger partial charge in [-0.05, 0) is 22.3 Å². The van der Waals surface area contributed by atoms with Crippen LogP contribution in [-0.4, -0.2) is 5.25 Å². The van der Waals surface area contributed by atoms with Crippen LogP contribution in [0.25, 0.3) is 6.08 Å². The zero-order valence-electron chi connectivity index (χ0n) is 9.34. The maximum Gasteiger partial charge on any atom is 0.0565 e. The third-order valence-electron chi connectivity index (χ3n) is 3.60. The fourth-order valence-corrected chi connectivity index (χ4v) is 4.34. The third-order valence-corrected chi connectivity index (χ3v) is 5.08. The first kappa shape index (κ1) is 9.55. The Kier molecular flexibility index (Phi) is 1.97. The van der Waals surface area contributed by atoms with Crippen molar-refractivity contribution in [1.82, 2.24) is 0 Å². The lowest BCUT2D eigenvalue weighted by Crippen LogP contribution is -2.00. The maximum absolute atomic E-state index is 2.31. The molecule has 0 fully saturated rings. The molecule has 0 spiro atoms. The molecule has 2 atom stereocenters. The Morgan fingerprint density at radius 1 is 0.882 bits per heavy atom. The van der Waals surface area contributed by atoms with Crippen LogP contribution in [0.2, 0.25) is 0 Å². The molecule has 0 aromatic heterocycles. The molecular formula is C16H12S. The average Bonchev–Trinajstić information content (AvgIpc) is 2.78. The van der Waals surface area contributed by atoms with Gasteiger partial charge in [0, 0.05) is 5.25 Å². The standard InChI is InChI=1S/C16H12S/c1-2-6-12-11(5-1)9-10-14-13-7-3-4-8-15(13)17-16(12)14/h1-10,15-16H. The monoisotopic (exact) mass is 236 g/mol. The number of benzene rings is 1. The van der Waals surface area contributed by atoms with Crippen LogP contribution in [0.3, 0.4) is 0 Å². The Labute approximate surface area is 105 Å². The Morgan fingerprint density at radius 2 is 1.82 bits per heavy atom. The second-order valence-corrected chi connectivity index (χ2v) is 5.81. The molecule has 0 saturated carbocycles. The summed E-state index contributed by atoms with van der Waals surface area (Å²) in [4.78, 5) is 0. The molecule has 0 N–H and O–H groups in total. The first-order chi connectivity index (χ1) is 8.43. The maximum atomic E-state index is 2.31. The molecule has 0 bridgehead atoms. The lowest BCUT2D eigenvalue weighted by molar-refractivity contribution is 1.14. The van der Waals surface area contributed by atoms with Crippen molar-refractivity contribution < 1.29 is 0 Å². The van der Waals surface area contributed by atoms with Crippen LogP contribution in [0.15, 0.2) is 65.8 Å². The molecule has 1 aromatic rings. The summed E-state index contributed by atoms with van der Waals surface area (Å²) in [6, 6.07) is 8.74. The van der Waals surface area contributed by atoms with E-state index in [1.165, 1.54) is 22.3 Å². The van der Waals surface area contributed by atoms with E-state index in [2.05, 4.69) is 72.5 Å². The van der Waals surface area contributed by atoms with Gasteiger partial charge in [-0.25, -0.2) is 0 Å². The SMILES string of the molecule is C1=CC2=C3C=Cc4ccccc4C3SC2C=C1. The van der Waals surface area contributed by atoms with Gasteiger partial charge in [0.2, 0.25) is 0 Å². The molecule has 17 heavy (non-hydrogen) atoms. The van der Waals surface area contributed by atoms with Gasteiger partial charge in [0.25, 0.3) is 0 Å². The van der Waals surface area contributed by atoms with Gasteiger partial charge in [-0.2, -0.15) is 0 Å². The number of hydrogen-bond donors (Lipinski definition) is 0. The van der Waals surface area contributed by atoms with Gasteiger partial charge < -0.3 is 0 Å². The van der Waals surface area contributed by atoms with Crippen LogP contribution in [0, 0.1) is 0 Å². The summed E-state index contributed by atoms with van der Waals surface area (Å²) in [5.41, 5.74) is 5.84. The summed E-state index contributed by atoms with van der Waals surface area (Å²) in [6.45, 7) is 0. The largest absolute Gasteiger partial charge is 0.136 e. The Morgan fingerprint density at radius 3 is 2.82 bits per heavy atom. The highest BCUT2D eigenvalue weighted by Gasteiger charge is 2.34. The van der Waals surface area contributed by atoms with Crippen molar-refractivity contribution >= 4 is 17.8 Å². The molecule has 1 heteroatoms. The number of rotatable bonds is 0. The van der Waals surface area contributed by atoms with Crippen LogP contribution in [0.5, 0.6) is 0 Å². The highest BCUT2D eigenvalue weighted by atomic mass is 32.2. The van der Waals surface area contributed by atoms with Crippen molar-refractivity contribution in [2.75, 3.05) is 0 Å². The Bertz CT molecular complexity index is 602. The van der Waals surface area contributed by atoms with Gasteiger partial charge in [-0.15, -0.1) is 11.8 Å². The quantitative estimate of drug-likeness (QED) is 0.647. The van der Waals surface area contributed by atoms with E-state index >= 15 is 0 Å². The summed E-state index contributed by atoms with van der Waals surface area (Å²) in [5.74, 6) is 0. The molecule has 3 aliphatic rings. The zero-order valence-corrected chi connectivity index (χ0v) is 10.2. The van der Waals surface area contributed by atoms with Crippen LogP contribution in [0.4, 0.5) is 0 Å². The van der Waals surface area contributed by atoms with E-state index in [-0.39, 0.29) is 0 Å². The van der Waals surface area contributed by atoms with Gasteiger partial charge in [0.15, 0.2) is 0 Å². The van der Waals surface area contributed by atoms with Gasteiger partial charge >= 0.3 is 0 Å². The molecule has 1 heterocycles. The third kappa shape index (κ3) is 1.32. The van der Waals surface area contributed by atoms with E-state index in [1.54, 1.807) is 0 Å². The molecule has 2 aliphatic carbocycles. The first-order valence-corrected chi connectivity index (χ1v) is 6.89. The van der Waals surface area contributed by atoms with Crippen molar-refractivity contribution in [1.29, 1.82) is 0 Å². The molecule has 82 valence electrons. The second-order valence-electron chi connectivity index (χ2n) is 4.55. The molecule has 2 unspecified atom stereocenters. The zero-order chi connectivity index (χ0) is 11.2. The van der Waals surface area contributed by atoms with E-state index < -0.39 is 0 Å². The fourth-order valence-electron chi connectivity index (χ4n) is 2.78. The average molecular weight is 236 g/mol. The van der Waals surface area contributed by atoms with Crippen molar-refractivity contribution in [3.63, 3.8) is 0 Å². The highest BCUT2D eigenvalue weighted by molar-refractivity contribution is 8.01. The molecule has 4 rings (SSSR count). The van der Waals surface area contributed by atoms with Crippen molar-refractivity contribution in [3.05, 3.63) is 76.9 Å². The van der Waals surface area contributed by atoms with E-state index in [9.17, 15) is 0 Å². The molecule has 1 aliphatic heterocycles. The number of allylic oxidation sites excluding steroid dienone is 4. The van der Waals surface area contributed by atoms with Gasteiger partial charge in [0.1, 0.15) is 0 Å². The number of fused-ring (bicyclic) bond motifs is 4. The summed E-state index contributed by atoms with van der Waals surface area (Å²) < 4.78 is 0. The Hall–Kier alpha value is -1.47. The predicted octanol–water partition coefficient (Wildman–Crippen LogP) is 4.29. The summed E-state index contributed by atoms with van der Waals surface area (Å²) in [6.07, 6.45) is 13.4. The molecule has 0 radical (unpaired) electrons. The molecule has 1 aromatic carbocycles. The topological polar surface area (TPSA) is 0 Å². The van der Waals surface area contributed by atoms with Crippen LogP contribution in [-0.2, 0) is 0 Å². The lowest BCUT2D eigenvalue weighted by atomic mass is 9.89. The van der Waals surface area contributed by atoms with Crippen LogP contribution in [0.1, 0.15) is 16.4 Å². The van der Waals surface area contributed by atoms with E-state index in [4.69, 9.17) is 0 Å². The smallest absolute Gasteiger partial charge is 0.0565 e. The normalized spacial score (nSPS) is 28.0. The van der Waals surface area contributed by atoms with Gasteiger partial charge in [-0.1, -0.05) is 60.7 Å². The molecule has 0 nitrogen and oxygen atoms in total. The van der Waals surface area contributed by atoms with Crippen LogP contribution < -0.4 is 0 Å². The fraction of sp³-hybridized carbons (Fsp3) is 0.125. The second kappa shape index (κ2) is 3.51. The van der Waals surface area contributed by atoms with E-state index in [0.29, 0.717) is 10.5 Å². The van der Waals surface area contributed by atoms with Gasteiger partial charge in [0.05, 0.1) is 5.25 Å². The summed E-state index contributed by atoms with van der Waals surface area (Å²) in [7, 11) is 0. The van der Waals surface area contributed by atoms with Crippen molar-refractivity contribution in [2.45, 2.75) is 10.5 Å². The molecule has 0 saturated heterocycles. The van der Waals surface area contributed by atoms with Gasteiger partial charge in [-0.3, -0.25) is 0 Å². The molecule has 0 amide bonds. The predicted molar refractivity (Wildman–Crippen MR) is 74.9 cm³/mol. The van der Waals surface area contributed by atoms with Crippen molar-refractivity contribution in [2.24, 2.45) is 0 Å². The van der Waals surface area contributed by atoms with E-state index in [1.807, 2.05) is 0 Å². The summed E-state index contributed by atoms with van der Waals surface area (Å²) in [5, 5.41) is 1.08. The summed E-state index contributed by atoms with van der Waals surface area (Å²) >= 11 is 2.06. The van der Waals surface area contributed by atoms with Crippen LogP contribution >= 0.6 is 11.8 Å². The minimum absolute atomic E-state index is 0.531. The minimum Gasteiger partial charge on any atom is -0.136 e. The Balaban J connectivity index is 1.91.